The summed E-state index contributed by atoms with van der Waals surface area (Å²) >= 11 is 0. The van der Waals surface area contributed by atoms with E-state index in [0.717, 1.165) is 0 Å². The molecule has 190 valence electrons. The number of rotatable bonds is 6. The number of aliphatic hydroxyl groups excluding tert-OH is 1. The van der Waals surface area contributed by atoms with E-state index in [0.29, 0.717) is 44.5 Å². The van der Waals surface area contributed by atoms with Crippen LogP contribution >= 0.6 is 0 Å². The van der Waals surface area contributed by atoms with E-state index in [1.54, 1.807) is 24.3 Å². The van der Waals surface area contributed by atoms with Crippen molar-refractivity contribution in [1.29, 1.82) is 0 Å². The third-order valence-corrected chi connectivity index (χ3v) is 6.64. The molecule has 38 heavy (non-hydrogen) atoms. The highest BCUT2D eigenvalue weighted by Crippen LogP contribution is 2.46. The lowest BCUT2D eigenvalue weighted by Crippen LogP contribution is -2.30. The molecular weight excluding hydrogens is 492 g/mol. The van der Waals surface area contributed by atoms with Gasteiger partial charge >= 0.3 is 0 Å². The van der Waals surface area contributed by atoms with E-state index in [9.17, 15) is 27.8 Å². The molecule has 0 heterocycles. The quantitative estimate of drug-likeness (QED) is 0.184. The molecule has 0 aliphatic carbocycles. The lowest BCUT2D eigenvalue weighted by Gasteiger charge is -2.34. The van der Waals surface area contributed by atoms with Crippen LogP contribution < -0.4 is 0 Å². The highest BCUT2D eigenvalue weighted by molar-refractivity contribution is 5.89. The molecule has 0 aromatic heterocycles. The SMILES string of the molecule is OCc1ccc(C(O)(c2ccc(F)cc2)c2ccc(F)cc2)c(-c2ccc(F)cc2)c1-c1ccc(F)cc1. The molecule has 5 aromatic rings. The van der Waals surface area contributed by atoms with Crippen molar-refractivity contribution in [3.8, 4) is 22.3 Å². The molecule has 2 nitrogen and oxygen atoms in total. The van der Waals surface area contributed by atoms with Crippen LogP contribution in [0.3, 0.4) is 0 Å². The average Bonchev–Trinajstić information content (AvgIpc) is 2.93. The second kappa shape index (κ2) is 10.2. The van der Waals surface area contributed by atoms with Crippen LogP contribution in [0.1, 0.15) is 22.3 Å². The summed E-state index contributed by atoms with van der Waals surface area (Å²) in [6, 6.07) is 25.1. The van der Waals surface area contributed by atoms with Gasteiger partial charge < -0.3 is 10.2 Å². The first kappa shape index (κ1) is 25.4. The van der Waals surface area contributed by atoms with Crippen LogP contribution in [0, 0.1) is 23.3 Å². The number of benzene rings is 5. The average molecular weight is 515 g/mol. The lowest BCUT2D eigenvalue weighted by molar-refractivity contribution is 0.126. The van der Waals surface area contributed by atoms with Gasteiger partial charge in [0, 0.05) is 5.56 Å². The minimum atomic E-state index is -1.92. The summed E-state index contributed by atoms with van der Waals surface area (Å²) in [6.07, 6.45) is 0. The van der Waals surface area contributed by atoms with Crippen molar-refractivity contribution in [3.05, 3.63) is 155 Å². The minimum absolute atomic E-state index is 0.302. The van der Waals surface area contributed by atoms with Gasteiger partial charge in [-0.15, -0.1) is 0 Å². The van der Waals surface area contributed by atoms with Gasteiger partial charge in [0.25, 0.3) is 0 Å². The van der Waals surface area contributed by atoms with E-state index in [-0.39, 0.29) is 6.61 Å². The fourth-order valence-electron chi connectivity index (χ4n) is 4.80. The van der Waals surface area contributed by atoms with Gasteiger partial charge in [0.05, 0.1) is 6.61 Å². The summed E-state index contributed by atoms with van der Waals surface area (Å²) in [6.45, 7) is -0.368. The summed E-state index contributed by atoms with van der Waals surface area (Å²) in [4.78, 5) is 0. The maximum Gasteiger partial charge on any atom is 0.141 e. The third kappa shape index (κ3) is 4.60. The molecule has 0 saturated carbocycles. The Kier molecular flexibility index (Phi) is 6.85. The summed E-state index contributed by atoms with van der Waals surface area (Å²) in [7, 11) is 0. The monoisotopic (exact) mass is 514 g/mol. The molecule has 0 aliphatic rings. The normalized spacial score (nSPS) is 11.5. The Hall–Kier alpha value is -4.26. The lowest BCUT2D eigenvalue weighted by atomic mass is 9.74. The second-order valence-corrected chi connectivity index (χ2v) is 8.92. The first-order chi connectivity index (χ1) is 18.3. The fraction of sp³-hybridized carbons (Fsp3) is 0.0625. The predicted octanol–water partition coefficient (Wildman–Crippen LogP) is 7.35. The van der Waals surface area contributed by atoms with Crippen LogP contribution in [0.5, 0.6) is 0 Å². The minimum Gasteiger partial charge on any atom is -0.392 e. The zero-order valence-corrected chi connectivity index (χ0v) is 20.0. The van der Waals surface area contributed by atoms with E-state index in [2.05, 4.69) is 0 Å². The van der Waals surface area contributed by atoms with Gasteiger partial charge in [-0.1, -0.05) is 60.7 Å². The van der Waals surface area contributed by atoms with Gasteiger partial charge in [-0.25, -0.2) is 17.6 Å². The number of aliphatic hydroxyl groups is 2. The Morgan fingerprint density at radius 3 is 1.24 bits per heavy atom. The van der Waals surface area contributed by atoms with E-state index in [4.69, 9.17) is 0 Å². The summed E-state index contributed by atoms with van der Waals surface area (Å²) in [5.74, 6) is -1.93. The van der Waals surface area contributed by atoms with Crippen LogP contribution in [0.2, 0.25) is 0 Å². The molecule has 6 heteroatoms. The summed E-state index contributed by atoms with van der Waals surface area (Å²) in [5.41, 5.74) is 1.49. The number of hydrogen-bond acceptors (Lipinski definition) is 2. The van der Waals surface area contributed by atoms with Crippen LogP contribution in [0.15, 0.2) is 109 Å². The molecule has 0 atom stereocenters. The van der Waals surface area contributed by atoms with Gasteiger partial charge in [0.2, 0.25) is 0 Å². The van der Waals surface area contributed by atoms with Crippen LogP contribution in [0.4, 0.5) is 17.6 Å². The zero-order valence-electron chi connectivity index (χ0n) is 20.0. The Bertz CT molecular complexity index is 1520. The van der Waals surface area contributed by atoms with E-state index in [1.165, 1.54) is 84.9 Å². The van der Waals surface area contributed by atoms with E-state index >= 15 is 0 Å². The summed E-state index contributed by atoms with van der Waals surface area (Å²) in [5, 5.41) is 22.8. The van der Waals surface area contributed by atoms with Gasteiger partial charge in [-0.2, -0.15) is 0 Å². The Labute approximate surface area is 217 Å². The van der Waals surface area contributed by atoms with Gasteiger partial charge in [0.15, 0.2) is 0 Å². The largest absolute Gasteiger partial charge is 0.392 e. The van der Waals surface area contributed by atoms with Crippen molar-refractivity contribution in [2.24, 2.45) is 0 Å². The molecule has 0 amide bonds. The second-order valence-electron chi connectivity index (χ2n) is 8.92. The Morgan fingerprint density at radius 2 is 0.842 bits per heavy atom. The zero-order chi connectivity index (χ0) is 26.9. The summed E-state index contributed by atoms with van der Waals surface area (Å²) < 4.78 is 55.6. The maximum absolute atomic E-state index is 14.0. The topological polar surface area (TPSA) is 40.5 Å². The number of halogens is 4. The number of hydrogen-bond donors (Lipinski definition) is 2. The van der Waals surface area contributed by atoms with Crippen molar-refractivity contribution < 1.29 is 27.8 Å². The van der Waals surface area contributed by atoms with Crippen molar-refractivity contribution in [3.63, 3.8) is 0 Å². The fourth-order valence-corrected chi connectivity index (χ4v) is 4.80. The van der Waals surface area contributed by atoms with Gasteiger partial charge in [0.1, 0.15) is 28.9 Å². The highest BCUT2D eigenvalue weighted by atomic mass is 19.1. The first-order valence-electron chi connectivity index (χ1n) is 11.8. The smallest absolute Gasteiger partial charge is 0.141 e. The van der Waals surface area contributed by atoms with Gasteiger partial charge in [-0.3, -0.25) is 0 Å². The maximum atomic E-state index is 14.0. The van der Waals surface area contributed by atoms with Crippen LogP contribution in [-0.2, 0) is 12.2 Å². The van der Waals surface area contributed by atoms with Crippen molar-refractivity contribution in [1.82, 2.24) is 0 Å². The molecule has 0 spiro atoms. The molecular formula is C32H22F4O2. The highest BCUT2D eigenvalue weighted by Gasteiger charge is 2.37. The molecule has 0 saturated heterocycles. The Balaban J connectivity index is 1.92. The molecule has 0 bridgehead atoms. The molecule has 0 fully saturated rings. The van der Waals surface area contributed by atoms with E-state index < -0.39 is 28.9 Å². The van der Waals surface area contributed by atoms with Crippen molar-refractivity contribution in [2.75, 3.05) is 0 Å². The molecule has 2 N–H and O–H groups in total. The molecule has 0 unspecified atom stereocenters. The molecule has 5 aromatic carbocycles. The van der Waals surface area contributed by atoms with Crippen LogP contribution in [-0.4, -0.2) is 10.2 Å². The molecule has 5 rings (SSSR count). The molecule has 0 radical (unpaired) electrons. The van der Waals surface area contributed by atoms with E-state index in [1.807, 2.05) is 0 Å². The van der Waals surface area contributed by atoms with Gasteiger partial charge in [-0.05, 0) is 87.5 Å². The first-order valence-corrected chi connectivity index (χ1v) is 11.8. The standard InChI is InChI=1S/C32H22F4O2/c33-25-10-1-20(2-11-25)30-22(19-37)5-18-29(31(30)21-3-12-26(34)13-4-21)32(38,23-6-14-27(35)15-7-23)24-8-16-28(36)17-9-24/h1-18,37-38H,19H2. The van der Waals surface area contributed by atoms with Crippen molar-refractivity contribution in [2.45, 2.75) is 12.2 Å². The third-order valence-electron chi connectivity index (χ3n) is 6.64. The Morgan fingerprint density at radius 1 is 0.474 bits per heavy atom. The molecule has 0 aliphatic heterocycles. The predicted molar refractivity (Wildman–Crippen MR) is 138 cm³/mol. The van der Waals surface area contributed by atoms with Crippen LogP contribution in [0.25, 0.3) is 22.3 Å². The van der Waals surface area contributed by atoms with Crippen molar-refractivity contribution >= 4 is 0 Å².